The van der Waals surface area contributed by atoms with E-state index in [2.05, 4.69) is 0 Å². The van der Waals surface area contributed by atoms with Crippen molar-refractivity contribution >= 4 is 14.5 Å². The molecule has 1 aromatic carbocycles. The molecule has 3 heteroatoms. The Morgan fingerprint density at radius 1 is 1.00 bits per heavy atom. The molecule has 1 aromatic rings. The van der Waals surface area contributed by atoms with Gasteiger partial charge >= 0.3 is 9.28 Å². The maximum atomic E-state index is 5.17. The van der Waals surface area contributed by atoms with Gasteiger partial charge in [-0.2, -0.15) is 0 Å². The molecule has 0 fully saturated rings. The lowest BCUT2D eigenvalue weighted by atomic mass is 10.4. The van der Waals surface area contributed by atoms with Gasteiger partial charge in [-0.25, -0.2) is 0 Å². The normalized spacial score (nSPS) is 10.5. The highest BCUT2D eigenvalue weighted by Gasteiger charge is 2.13. The summed E-state index contributed by atoms with van der Waals surface area (Å²) in [6, 6.07) is 9.98. The highest BCUT2D eigenvalue weighted by molar-refractivity contribution is 6.61. The van der Waals surface area contributed by atoms with Gasteiger partial charge in [-0.05, 0) is 5.19 Å². The highest BCUT2D eigenvalue weighted by atomic mass is 28.3. The van der Waals surface area contributed by atoms with Crippen molar-refractivity contribution < 1.29 is 8.85 Å². The zero-order valence-electron chi connectivity index (χ0n) is 6.70. The molecular formula is C8H11O2Si. The molecule has 0 aliphatic rings. The van der Waals surface area contributed by atoms with Crippen LogP contribution in [0.15, 0.2) is 30.3 Å². The van der Waals surface area contributed by atoms with Crippen LogP contribution in [0.25, 0.3) is 0 Å². The molecule has 59 valence electrons. The van der Waals surface area contributed by atoms with Gasteiger partial charge in [0.2, 0.25) is 0 Å². The first-order chi connectivity index (χ1) is 5.38. The van der Waals surface area contributed by atoms with Crippen molar-refractivity contribution in [2.75, 3.05) is 14.2 Å². The first-order valence-corrected chi connectivity index (χ1v) is 4.70. The van der Waals surface area contributed by atoms with Crippen LogP contribution in [0.3, 0.4) is 0 Å². The van der Waals surface area contributed by atoms with Crippen molar-refractivity contribution in [1.29, 1.82) is 0 Å². The Morgan fingerprint density at radius 3 is 2.00 bits per heavy atom. The summed E-state index contributed by atoms with van der Waals surface area (Å²) < 4.78 is 10.3. The molecule has 0 bridgehead atoms. The zero-order chi connectivity index (χ0) is 8.10. The summed E-state index contributed by atoms with van der Waals surface area (Å²) in [5, 5.41) is 1.14. The molecule has 0 saturated carbocycles. The van der Waals surface area contributed by atoms with Crippen LogP contribution in [0.2, 0.25) is 0 Å². The molecule has 0 aliphatic carbocycles. The lowest BCUT2D eigenvalue weighted by Gasteiger charge is -2.07. The summed E-state index contributed by atoms with van der Waals surface area (Å²) in [7, 11) is 2.14. The van der Waals surface area contributed by atoms with Crippen molar-refractivity contribution in [3.8, 4) is 0 Å². The van der Waals surface area contributed by atoms with E-state index >= 15 is 0 Å². The molecule has 0 saturated heterocycles. The lowest BCUT2D eigenvalue weighted by Crippen LogP contribution is -2.34. The summed E-state index contributed by atoms with van der Waals surface area (Å²) in [6.45, 7) is 0. The third kappa shape index (κ3) is 2.15. The fourth-order valence-electron chi connectivity index (χ4n) is 0.893. The second-order valence-corrected chi connectivity index (χ2v) is 4.03. The van der Waals surface area contributed by atoms with Crippen LogP contribution >= 0.6 is 0 Å². The van der Waals surface area contributed by atoms with E-state index in [1.54, 1.807) is 14.2 Å². The van der Waals surface area contributed by atoms with Gasteiger partial charge in [-0.1, -0.05) is 30.3 Å². The molecule has 0 amide bonds. The monoisotopic (exact) mass is 167 g/mol. The molecule has 1 rings (SSSR count). The van der Waals surface area contributed by atoms with E-state index in [0.717, 1.165) is 5.19 Å². The van der Waals surface area contributed by atoms with Crippen molar-refractivity contribution in [2.24, 2.45) is 0 Å². The lowest BCUT2D eigenvalue weighted by molar-refractivity contribution is 0.292. The van der Waals surface area contributed by atoms with E-state index in [4.69, 9.17) is 8.85 Å². The smallest absolute Gasteiger partial charge is 0.393 e. The Labute approximate surface area is 68.6 Å². The van der Waals surface area contributed by atoms with Crippen molar-refractivity contribution in [3.63, 3.8) is 0 Å². The molecule has 11 heavy (non-hydrogen) atoms. The Kier molecular flexibility index (Phi) is 3.29. The Bertz CT molecular complexity index is 197. The second-order valence-electron chi connectivity index (χ2n) is 2.06. The Balaban J connectivity index is 2.74. The van der Waals surface area contributed by atoms with Crippen LogP contribution in [0.4, 0.5) is 0 Å². The van der Waals surface area contributed by atoms with E-state index in [0.29, 0.717) is 0 Å². The van der Waals surface area contributed by atoms with E-state index in [9.17, 15) is 0 Å². The van der Waals surface area contributed by atoms with Crippen molar-refractivity contribution in [2.45, 2.75) is 0 Å². The largest absolute Gasteiger partial charge is 0.423 e. The molecule has 0 heterocycles. The average molecular weight is 167 g/mol. The van der Waals surface area contributed by atoms with Gasteiger partial charge in [0.25, 0.3) is 0 Å². The SMILES string of the molecule is CO[Si](OC)c1ccccc1. The van der Waals surface area contributed by atoms with Gasteiger partial charge in [0.15, 0.2) is 0 Å². The predicted molar refractivity (Wildman–Crippen MR) is 45.8 cm³/mol. The molecule has 0 aromatic heterocycles. The average Bonchev–Trinajstić information content (AvgIpc) is 2.09. The van der Waals surface area contributed by atoms with Gasteiger partial charge in [-0.15, -0.1) is 0 Å². The first-order valence-electron chi connectivity index (χ1n) is 3.39. The van der Waals surface area contributed by atoms with Gasteiger partial charge < -0.3 is 8.85 Å². The second kappa shape index (κ2) is 4.28. The molecular weight excluding hydrogens is 156 g/mol. The number of hydrogen-bond acceptors (Lipinski definition) is 2. The summed E-state index contributed by atoms with van der Waals surface area (Å²) in [6.07, 6.45) is 0. The first kappa shape index (κ1) is 8.45. The van der Waals surface area contributed by atoms with Crippen LogP contribution in [-0.2, 0) is 8.85 Å². The Hall–Kier alpha value is -0.643. The number of hydrogen-bond donors (Lipinski definition) is 0. The van der Waals surface area contributed by atoms with Crippen LogP contribution in [-0.4, -0.2) is 23.5 Å². The minimum absolute atomic E-state index is 1.14. The standard InChI is InChI=1S/C8H11O2Si/c1-9-11(10-2)8-6-4-3-5-7-8/h3-7H,1-2H3. The minimum atomic E-state index is -1.20. The van der Waals surface area contributed by atoms with E-state index < -0.39 is 9.28 Å². The molecule has 1 radical (unpaired) electrons. The Morgan fingerprint density at radius 2 is 1.55 bits per heavy atom. The van der Waals surface area contributed by atoms with Crippen molar-refractivity contribution in [3.05, 3.63) is 30.3 Å². The van der Waals surface area contributed by atoms with Crippen LogP contribution in [0.5, 0.6) is 0 Å². The summed E-state index contributed by atoms with van der Waals surface area (Å²) >= 11 is 0. The third-order valence-corrected chi connectivity index (χ3v) is 2.93. The molecule has 0 unspecified atom stereocenters. The number of benzene rings is 1. The van der Waals surface area contributed by atoms with Gasteiger partial charge in [0.05, 0.1) is 0 Å². The van der Waals surface area contributed by atoms with Crippen LogP contribution in [0, 0.1) is 0 Å². The minimum Gasteiger partial charge on any atom is -0.393 e. The molecule has 0 aliphatic heterocycles. The fourth-order valence-corrected chi connectivity index (χ4v) is 2.00. The maximum Gasteiger partial charge on any atom is 0.423 e. The fraction of sp³-hybridized carbons (Fsp3) is 0.250. The van der Waals surface area contributed by atoms with E-state index in [1.807, 2.05) is 30.3 Å². The van der Waals surface area contributed by atoms with Gasteiger partial charge in [0, 0.05) is 14.2 Å². The maximum absolute atomic E-state index is 5.17. The topological polar surface area (TPSA) is 18.5 Å². The predicted octanol–water partition coefficient (Wildman–Crippen LogP) is 0.675. The summed E-state index contributed by atoms with van der Waals surface area (Å²) in [5.74, 6) is 0. The molecule has 2 nitrogen and oxygen atoms in total. The van der Waals surface area contributed by atoms with E-state index in [1.165, 1.54) is 0 Å². The quantitative estimate of drug-likeness (QED) is 0.616. The highest BCUT2D eigenvalue weighted by Crippen LogP contribution is 1.89. The molecule has 0 spiro atoms. The molecule has 0 atom stereocenters. The van der Waals surface area contributed by atoms with Gasteiger partial charge in [0.1, 0.15) is 0 Å². The third-order valence-electron chi connectivity index (χ3n) is 1.38. The number of rotatable bonds is 3. The van der Waals surface area contributed by atoms with Gasteiger partial charge in [-0.3, -0.25) is 0 Å². The van der Waals surface area contributed by atoms with Crippen LogP contribution in [0.1, 0.15) is 0 Å². The van der Waals surface area contributed by atoms with Crippen molar-refractivity contribution in [1.82, 2.24) is 0 Å². The van der Waals surface area contributed by atoms with E-state index in [-0.39, 0.29) is 0 Å². The summed E-state index contributed by atoms with van der Waals surface area (Å²) in [5.41, 5.74) is 0. The zero-order valence-corrected chi connectivity index (χ0v) is 7.70. The summed E-state index contributed by atoms with van der Waals surface area (Å²) in [4.78, 5) is 0. The molecule has 0 N–H and O–H groups in total. The van der Waals surface area contributed by atoms with Crippen LogP contribution < -0.4 is 5.19 Å².